The number of rotatable bonds is 10. The van der Waals surface area contributed by atoms with E-state index in [9.17, 15) is 9.59 Å². The SMILES string of the molecule is CC1CCN(C(=O)c2cccc(NC(=O)CNc3ccc(OCCOc4ccccc4)cc3)c2)CC1. The third-order valence-electron chi connectivity index (χ3n) is 6.14. The average molecular weight is 488 g/mol. The number of piperidine rings is 1. The first kappa shape index (κ1) is 25.1. The molecule has 0 aliphatic carbocycles. The monoisotopic (exact) mass is 487 g/mol. The summed E-state index contributed by atoms with van der Waals surface area (Å²) < 4.78 is 11.3. The van der Waals surface area contributed by atoms with Gasteiger partial charge in [-0.2, -0.15) is 0 Å². The van der Waals surface area contributed by atoms with Crippen molar-refractivity contribution in [3.8, 4) is 11.5 Å². The van der Waals surface area contributed by atoms with Crippen LogP contribution in [0.1, 0.15) is 30.1 Å². The van der Waals surface area contributed by atoms with Gasteiger partial charge in [0.25, 0.3) is 5.91 Å². The Morgan fingerprint density at radius 2 is 1.50 bits per heavy atom. The van der Waals surface area contributed by atoms with Crippen molar-refractivity contribution >= 4 is 23.2 Å². The van der Waals surface area contributed by atoms with Gasteiger partial charge in [-0.3, -0.25) is 9.59 Å². The van der Waals surface area contributed by atoms with Crippen molar-refractivity contribution in [3.05, 3.63) is 84.4 Å². The molecule has 0 atom stereocenters. The molecule has 4 rings (SSSR count). The minimum absolute atomic E-state index is 0.0186. The quantitative estimate of drug-likeness (QED) is 0.391. The molecule has 188 valence electrons. The van der Waals surface area contributed by atoms with Crippen molar-refractivity contribution in [1.29, 1.82) is 0 Å². The summed E-state index contributed by atoms with van der Waals surface area (Å²) in [5.74, 6) is 2.03. The molecule has 36 heavy (non-hydrogen) atoms. The molecule has 0 bridgehead atoms. The van der Waals surface area contributed by atoms with E-state index in [1.165, 1.54) is 0 Å². The van der Waals surface area contributed by atoms with Gasteiger partial charge in [0.05, 0.1) is 6.54 Å². The number of anilines is 2. The van der Waals surface area contributed by atoms with Crippen LogP contribution in [0.2, 0.25) is 0 Å². The molecular weight excluding hydrogens is 454 g/mol. The summed E-state index contributed by atoms with van der Waals surface area (Å²) in [4.78, 5) is 27.2. The van der Waals surface area contributed by atoms with Crippen LogP contribution < -0.4 is 20.1 Å². The summed E-state index contributed by atoms with van der Waals surface area (Å²) in [5.41, 5.74) is 2.01. The van der Waals surface area contributed by atoms with Crippen molar-refractivity contribution in [3.63, 3.8) is 0 Å². The Kier molecular flexibility index (Phi) is 8.81. The number of hydrogen-bond donors (Lipinski definition) is 2. The summed E-state index contributed by atoms with van der Waals surface area (Å²) in [6, 6.07) is 24.2. The van der Waals surface area contributed by atoms with Crippen LogP contribution in [0.25, 0.3) is 0 Å². The molecule has 3 aromatic carbocycles. The van der Waals surface area contributed by atoms with Crippen LogP contribution in [0.15, 0.2) is 78.9 Å². The smallest absolute Gasteiger partial charge is 0.253 e. The van der Waals surface area contributed by atoms with Gasteiger partial charge in [-0.05, 0) is 73.4 Å². The maximum atomic E-state index is 12.8. The third-order valence-corrected chi connectivity index (χ3v) is 6.14. The number of hydrogen-bond acceptors (Lipinski definition) is 5. The number of para-hydroxylation sites is 1. The van der Waals surface area contributed by atoms with Crippen molar-refractivity contribution in [2.24, 2.45) is 5.92 Å². The number of nitrogens with zero attached hydrogens (tertiary/aromatic N) is 1. The number of nitrogens with one attached hydrogen (secondary N) is 2. The van der Waals surface area contributed by atoms with Gasteiger partial charge >= 0.3 is 0 Å². The summed E-state index contributed by atoms with van der Waals surface area (Å²) in [7, 11) is 0. The molecule has 1 fully saturated rings. The lowest BCUT2D eigenvalue weighted by molar-refractivity contribution is -0.114. The van der Waals surface area contributed by atoms with E-state index >= 15 is 0 Å². The third kappa shape index (κ3) is 7.50. The van der Waals surface area contributed by atoms with Crippen LogP contribution in [-0.2, 0) is 4.79 Å². The van der Waals surface area contributed by atoms with E-state index in [1.54, 1.807) is 24.3 Å². The van der Waals surface area contributed by atoms with Crippen LogP contribution in [0.4, 0.5) is 11.4 Å². The van der Waals surface area contributed by atoms with Crippen molar-refractivity contribution < 1.29 is 19.1 Å². The zero-order chi connectivity index (χ0) is 25.2. The zero-order valence-electron chi connectivity index (χ0n) is 20.6. The van der Waals surface area contributed by atoms with Gasteiger partial charge in [0.15, 0.2) is 0 Å². The Morgan fingerprint density at radius 1 is 0.833 bits per heavy atom. The lowest BCUT2D eigenvalue weighted by Gasteiger charge is -2.30. The van der Waals surface area contributed by atoms with Gasteiger partial charge in [-0.1, -0.05) is 31.2 Å². The van der Waals surface area contributed by atoms with Gasteiger partial charge in [0, 0.05) is 30.0 Å². The number of carbonyl (C=O) groups excluding carboxylic acids is 2. The van der Waals surface area contributed by atoms with Crippen LogP contribution in [0.3, 0.4) is 0 Å². The Hall–Kier alpha value is -4.00. The van der Waals surface area contributed by atoms with E-state index in [2.05, 4.69) is 17.6 Å². The lowest BCUT2D eigenvalue weighted by atomic mass is 9.98. The number of likely N-dealkylation sites (tertiary alicyclic amines) is 1. The topological polar surface area (TPSA) is 79.9 Å². The van der Waals surface area contributed by atoms with Crippen LogP contribution in [-0.4, -0.2) is 49.6 Å². The first-order valence-electron chi connectivity index (χ1n) is 12.4. The molecule has 0 radical (unpaired) electrons. The van der Waals surface area contributed by atoms with E-state index in [-0.39, 0.29) is 18.4 Å². The predicted octanol–water partition coefficient (Wildman–Crippen LogP) is 5.07. The Balaban J connectivity index is 1.19. The Morgan fingerprint density at radius 3 is 2.19 bits per heavy atom. The summed E-state index contributed by atoms with van der Waals surface area (Å²) >= 11 is 0. The van der Waals surface area contributed by atoms with Crippen molar-refractivity contribution in [2.45, 2.75) is 19.8 Å². The van der Waals surface area contributed by atoms with Crippen LogP contribution in [0, 0.1) is 5.92 Å². The standard InChI is InChI=1S/C29H33N3O4/c1-22-14-16-32(17-15-22)29(34)23-6-5-7-25(20-23)31-28(33)21-30-24-10-12-27(13-11-24)36-19-18-35-26-8-3-2-4-9-26/h2-13,20,22,30H,14-19,21H2,1H3,(H,31,33). The van der Waals surface area contributed by atoms with E-state index in [0.717, 1.165) is 43.1 Å². The van der Waals surface area contributed by atoms with Gasteiger partial charge in [0.2, 0.25) is 5.91 Å². The molecule has 0 saturated carbocycles. The minimum Gasteiger partial charge on any atom is -0.490 e. The van der Waals surface area contributed by atoms with Crippen LogP contribution in [0.5, 0.6) is 11.5 Å². The highest BCUT2D eigenvalue weighted by Gasteiger charge is 2.21. The number of amides is 2. The molecule has 0 aromatic heterocycles. The van der Waals surface area contributed by atoms with E-state index in [4.69, 9.17) is 9.47 Å². The molecule has 2 N–H and O–H groups in total. The van der Waals surface area contributed by atoms with Crippen LogP contribution >= 0.6 is 0 Å². The molecule has 0 spiro atoms. The fourth-order valence-corrected chi connectivity index (χ4v) is 4.02. The molecule has 1 saturated heterocycles. The van der Waals surface area contributed by atoms with Gasteiger partial charge < -0.3 is 25.0 Å². The maximum Gasteiger partial charge on any atom is 0.253 e. The Labute approximate surface area is 212 Å². The normalized spacial score (nSPS) is 13.6. The molecule has 7 nitrogen and oxygen atoms in total. The first-order chi connectivity index (χ1) is 17.6. The average Bonchev–Trinajstić information content (AvgIpc) is 2.91. The second kappa shape index (κ2) is 12.6. The largest absolute Gasteiger partial charge is 0.490 e. The highest BCUT2D eigenvalue weighted by atomic mass is 16.5. The predicted molar refractivity (Wildman–Crippen MR) is 142 cm³/mol. The second-order valence-electron chi connectivity index (χ2n) is 8.99. The highest BCUT2D eigenvalue weighted by Crippen LogP contribution is 2.20. The summed E-state index contributed by atoms with van der Waals surface area (Å²) in [6.07, 6.45) is 2.06. The molecule has 1 aliphatic rings. The first-order valence-corrected chi connectivity index (χ1v) is 12.4. The number of carbonyl (C=O) groups is 2. The van der Waals surface area contributed by atoms with Gasteiger partial charge in [0.1, 0.15) is 24.7 Å². The molecule has 7 heteroatoms. The summed E-state index contributed by atoms with van der Waals surface area (Å²) in [5, 5.41) is 5.97. The fourth-order valence-electron chi connectivity index (χ4n) is 4.02. The number of ether oxygens (including phenoxy) is 2. The number of benzene rings is 3. The van der Waals surface area contributed by atoms with E-state index in [1.807, 2.05) is 59.5 Å². The van der Waals surface area contributed by atoms with Gasteiger partial charge in [-0.25, -0.2) is 0 Å². The maximum absolute atomic E-state index is 12.8. The lowest BCUT2D eigenvalue weighted by Crippen LogP contribution is -2.37. The second-order valence-corrected chi connectivity index (χ2v) is 8.99. The van der Waals surface area contributed by atoms with Gasteiger partial charge in [-0.15, -0.1) is 0 Å². The molecule has 1 aliphatic heterocycles. The van der Waals surface area contributed by atoms with Crippen molar-refractivity contribution in [1.82, 2.24) is 4.90 Å². The summed E-state index contributed by atoms with van der Waals surface area (Å²) in [6.45, 7) is 4.78. The fraction of sp³-hybridized carbons (Fsp3) is 0.310. The molecule has 3 aromatic rings. The molecule has 0 unspecified atom stereocenters. The van der Waals surface area contributed by atoms with Crippen molar-refractivity contribution in [2.75, 3.05) is 43.5 Å². The Bertz CT molecular complexity index is 1130. The zero-order valence-corrected chi connectivity index (χ0v) is 20.6. The highest BCUT2D eigenvalue weighted by molar-refractivity contribution is 5.98. The molecular formula is C29H33N3O4. The van der Waals surface area contributed by atoms with E-state index in [0.29, 0.717) is 30.4 Å². The molecule has 1 heterocycles. The van der Waals surface area contributed by atoms with E-state index < -0.39 is 0 Å². The minimum atomic E-state index is -0.190. The molecule has 2 amide bonds.